The van der Waals surface area contributed by atoms with Crippen LogP contribution >= 0.6 is 15.9 Å². The average Bonchev–Trinajstić information content (AvgIpc) is 2.46. The van der Waals surface area contributed by atoms with E-state index in [1.54, 1.807) is 12.1 Å². The predicted octanol–water partition coefficient (Wildman–Crippen LogP) is 3.84. The second kappa shape index (κ2) is 6.86. The molecule has 2 aromatic rings. The van der Waals surface area contributed by atoms with Gasteiger partial charge >= 0.3 is 0 Å². The molecule has 0 unspecified atom stereocenters. The van der Waals surface area contributed by atoms with E-state index in [2.05, 4.69) is 26.5 Å². The molecule has 0 saturated carbocycles. The number of nitrogens with one attached hydrogen (secondary N) is 1. The minimum Gasteiger partial charge on any atom is -0.435 e. The third kappa shape index (κ3) is 4.20. The molecule has 4 nitrogen and oxygen atoms in total. The number of para-hydroxylation sites is 1. The van der Waals surface area contributed by atoms with Crippen LogP contribution in [0.5, 0.6) is 5.75 Å². The second-order valence-corrected chi connectivity index (χ2v) is 4.92. The van der Waals surface area contributed by atoms with Crippen LogP contribution in [0.1, 0.15) is 6.92 Å². The second-order valence-electron chi connectivity index (χ2n) is 4.01. The van der Waals surface area contributed by atoms with E-state index >= 15 is 0 Å². The first-order valence-electron chi connectivity index (χ1n) is 5.98. The van der Waals surface area contributed by atoms with Crippen LogP contribution in [-0.4, -0.2) is 11.7 Å². The summed E-state index contributed by atoms with van der Waals surface area (Å²) in [5.41, 5.74) is 3.57. The maximum atomic E-state index is 11.5. The normalized spacial score (nSPS) is 11.0. The maximum Gasteiger partial charge on any atom is 0.280 e. The van der Waals surface area contributed by atoms with Crippen LogP contribution in [0.15, 0.2) is 64.2 Å². The molecule has 20 heavy (non-hydrogen) atoms. The zero-order chi connectivity index (χ0) is 14.4. The Bertz CT molecular complexity index is 610. The molecule has 2 aromatic carbocycles. The van der Waals surface area contributed by atoms with Crippen molar-refractivity contribution >= 4 is 33.3 Å². The highest BCUT2D eigenvalue weighted by atomic mass is 79.9. The van der Waals surface area contributed by atoms with Crippen molar-refractivity contribution in [1.82, 2.24) is 0 Å². The number of Topliss-reactive ketones (excluding diaryl/α,β-unsaturated/α-hetero) is 1. The average molecular weight is 333 g/mol. The molecular formula is C15H13BrN2O2. The van der Waals surface area contributed by atoms with E-state index in [1.165, 1.54) is 6.92 Å². The van der Waals surface area contributed by atoms with Gasteiger partial charge in [-0.1, -0.05) is 34.1 Å². The molecule has 0 fully saturated rings. The highest BCUT2D eigenvalue weighted by molar-refractivity contribution is 9.10. The summed E-state index contributed by atoms with van der Waals surface area (Å²) in [5, 5.41) is 3.99. The third-order valence-electron chi connectivity index (χ3n) is 2.39. The maximum absolute atomic E-state index is 11.5. The number of halogens is 1. The molecule has 0 aliphatic carbocycles. The Kier molecular flexibility index (Phi) is 4.90. The predicted molar refractivity (Wildman–Crippen MR) is 83.0 cm³/mol. The Morgan fingerprint density at radius 3 is 2.35 bits per heavy atom. The van der Waals surface area contributed by atoms with Crippen LogP contribution < -0.4 is 10.2 Å². The summed E-state index contributed by atoms with van der Waals surface area (Å²) in [6, 6.07) is 16.5. The molecule has 0 saturated heterocycles. The van der Waals surface area contributed by atoms with Crippen LogP contribution in [0.2, 0.25) is 0 Å². The summed E-state index contributed by atoms with van der Waals surface area (Å²) in [5.74, 6) is 0.310. The lowest BCUT2D eigenvalue weighted by Gasteiger charge is -2.07. The lowest BCUT2D eigenvalue weighted by Crippen LogP contribution is -2.19. The number of carbonyl (C=O) groups is 1. The van der Waals surface area contributed by atoms with Gasteiger partial charge in [-0.3, -0.25) is 10.2 Å². The lowest BCUT2D eigenvalue weighted by molar-refractivity contribution is -0.111. The molecular weight excluding hydrogens is 320 g/mol. The zero-order valence-electron chi connectivity index (χ0n) is 10.8. The van der Waals surface area contributed by atoms with Gasteiger partial charge in [-0.15, -0.1) is 5.10 Å². The van der Waals surface area contributed by atoms with Crippen molar-refractivity contribution in [2.75, 3.05) is 5.43 Å². The van der Waals surface area contributed by atoms with E-state index in [9.17, 15) is 4.79 Å². The minimum absolute atomic E-state index is 0.0103. The molecule has 0 atom stereocenters. The van der Waals surface area contributed by atoms with E-state index in [0.717, 1.165) is 10.2 Å². The molecule has 1 N–H and O–H groups in total. The van der Waals surface area contributed by atoms with Gasteiger partial charge in [0.15, 0.2) is 0 Å². The fourth-order valence-electron chi connectivity index (χ4n) is 1.42. The largest absolute Gasteiger partial charge is 0.435 e. The quantitative estimate of drug-likeness (QED) is 0.525. The van der Waals surface area contributed by atoms with Gasteiger partial charge in [-0.05, 0) is 36.4 Å². The number of hydrogen-bond acceptors (Lipinski definition) is 4. The number of ketones is 1. The Labute approximate surface area is 125 Å². The van der Waals surface area contributed by atoms with Crippen molar-refractivity contribution in [3.8, 4) is 5.75 Å². The number of hydrazone groups is 1. The van der Waals surface area contributed by atoms with E-state index in [0.29, 0.717) is 5.75 Å². The molecule has 2 rings (SSSR count). The Hall–Kier alpha value is -2.14. The standard InChI is InChI=1S/C15H13BrN2O2/c1-11(19)15(18-17-13-5-3-2-4-6-13)20-14-9-7-12(16)8-10-14/h2-10,17H,1H3. The number of ether oxygens (including phenoxy) is 1. The highest BCUT2D eigenvalue weighted by Crippen LogP contribution is 2.16. The van der Waals surface area contributed by atoms with Gasteiger partial charge in [0, 0.05) is 11.4 Å². The summed E-state index contributed by atoms with van der Waals surface area (Å²) in [6.45, 7) is 1.41. The Morgan fingerprint density at radius 1 is 1.10 bits per heavy atom. The molecule has 5 heteroatoms. The fraction of sp³-hybridized carbons (Fsp3) is 0.0667. The van der Waals surface area contributed by atoms with E-state index in [-0.39, 0.29) is 11.7 Å². The molecule has 0 aliphatic rings. The molecule has 0 amide bonds. The highest BCUT2D eigenvalue weighted by Gasteiger charge is 2.09. The molecule has 0 aromatic heterocycles. The van der Waals surface area contributed by atoms with Gasteiger partial charge in [0.05, 0.1) is 5.69 Å². The Balaban J connectivity index is 2.11. The van der Waals surface area contributed by atoms with Crippen LogP contribution in [-0.2, 0) is 4.79 Å². The first kappa shape index (κ1) is 14.3. The smallest absolute Gasteiger partial charge is 0.280 e. The summed E-state index contributed by atoms with van der Waals surface area (Å²) in [7, 11) is 0. The van der Waals surface area contributed by atoms with Crippen LogP contribution in [0.3, 0.4) is 0 Å². The fourth-order valence-corrected chi connectivity index (χ4v) is 1.68. The van der Waals surface area contributed by atoms with Crippen LogP contribution in [0, 0.1) is 0 Å². The summed E-state index contributed by atoms with van der Waals surface area (Å²) >= 11 is 3.34. The van der Waals surface area contributed by atoms with Crippen molar-refractivity contribution in [1.29, 1.82) is 0 Å². The van der Waals surface area contributed by atoms with Gasteiger partial charge in [0.1, 0.15) is 5.75 Å². The number of benzene rings is 2. The number of hydrogen-bond donors (Lipinski definition) is 1. The number of rotatable bonds is 4. The SMILES string of the molecule is CC(=O)C(=NNc1ccccc1)Oc1ccc(Br)cc1. The van der Waals surface area contributed by atoms with E-state index in [1.807, 2.05) is 42.5 Å². The van der Waals surface area contributed by atoms with E-state index < -0.39 is 0 Å². The Morgan fingerprint density at radius 2 is 1.75 bits per heavy atom. The number of nitrogens with zero attached hydrogens (tertiary/aromatic N) is 1. The molecule has 0 heterocycles. The zero-order valence-corrected chi connectivity index (χ0v) is 12.4. The van der Waals surface area contributed by atoms with Crippen LogP contribution in [0.4, 0.5) is 5.69 Å². The first-order valence-corrected chi connectivity index (χ1v) is 6.77. The van der Waals surface area contributed by atoms with Crippen molar-refractivity contribution in [3.63, 3.8) is 0 Å². The molecule has 0 radical (unpaired) electrons. The van der Waals surface area contributed by atoms with Crippen molar-refractivity contribution in [2.45, 2.75) is 6.92 Å². The van der Waals surface area contributed by atoms with Gasteiger partial charge in [-0.2, -0.15) is 0 Å². The van der Waals surface area contributed by atoms with Crippen LogP contribution in [0.25, 0.3) is 0 Å². The third-order valence-corrected chi connectivity index (χ3v) is 2.92. The summed E-state index contributed by atoms with van der Waals surface area (Å²) in [4.78, 5) is 11.5. The molecule has 0 bridgehead atoms. The minimum atomic E-state index is -0.253. The van der Waals surface area contributed by atoms with Gasteiger partial charge in [0.2, 0.25) is 5.78 Å². The van der Waals surface area contributed by atoms with Gasteiger partial charge in [0.25, 0.3) is 5.90 Å². The summed E-state index contributed by atoms with van der Waals surface area (Å²) < 4.78 is 6.41. The monoisotopic (exact) mass is 332 g/mol. The molecule has 0 spiro atoms. The van der Waals surface area contributed by atoms with Crippen molar-refractivity contribution in [3.05, 3.63) is 59.1 Å². The molecule has 0 aliphatic heterocycles. The topological polar surface area (TPSA) is 50.7 Å². The van der Waals surface area contributed by atoms with Gasteiger partial charge < -0.3 is 4.74 Å². The lowest BCUT2D eigenvalue weighted by atomic mass is 10.3. The molecule has 102 valence electrons. The first-order chi connectivity index (χ1) is 9.65. The number of carbonyl (C=O) groups excluding carboxylic acids is 1. The van der Waals surface area contributed by atoms with Crippen molar-refractivity contribution in [2.24, 2.45) is 5.10 Å². The number of anilines is 1. The van der Waals surface area contributed by atoms with Crippen molar-refractivity contribution < 1.29 is 9.53 Å². The van der Waals surface area contributed by atoms with E-state index in [4.69, 9.17) is 4.74 Å². The van der Waals surface area contributed by atoms with Gasteiger partial charge in [-0.25, -0.2) is 0 Å². The summed E-state index contributed by atoms with van der Waals surface area (Å²) in [6.07, 6.45) is 0.